The fourth-order valence-electron chi connectivity index (χ4n) is 4.04. The van der Waals surface area contributed by atoms with Gasteiger partial charge in [0.1, 0.15) is 5.75 Å². The molecule has 0 saturated carbocycles. The molecule has 0 aliphatic carbocycles. The summed E-state index contributed by atoms with van der Waals surface area (Å²) >= 11 is 0. The van der Waals surface area contributed by atoms with Gasteiger partial charge in [0.05, 0.1) is 37.6 Å². The van der Waals surface area contributed by atoms with Crippen molar-refractivity contribution in [3.8, 4) is 11.4 Å². The molecule has 2 aromatic carbocycles. The number of rotatable bonds is 4. The molecular weight excluding hydrogens is 342 g/mol. The lowest BCUT2D eigenvalue weighted by molar-refractivity contribution is -0.0441. The molecule has 1 unspecified atom stereocenters. The first-order valence-corrected chi connectivity index (χ1v) is 9.23. The molecular formula is C22H25NO4. The second-order valence-electron chi connectivity index (χ2n) is 7.00. The number of benzene rings is 2. The smallest absolute Gasteiger partial charge is 0.186 e. The van der Waals surface area contributed by atoms with Gasteiger partial charge in [0, 0.05) is 22.2 Å². The van der Waals surface area contributed by atoms with Gasteiger partial charge >= 0.3 is 0 Å². The third kappa shape index (κ3) is 2.92. The van der Waals surface area contributed by atoms with Crippen molar-refractivity contribution < 1.29 is 19.3 Å². The van der Waals surface area contributed by atoms with E-state index in [2.05, 4.69) is 36.6 Å². The molecule has 0 spiro atoms. The molecule has 4 rings (SSSR count). The predicted molar refractivity (Wildman–Crippen MR) is 105 cm³/mol. The first-order chi connectivity index (χ1) is 13.0. The van der Waals surface area contributed by atoms with Crippen LogP contribution < -0.4 is 4.74 Å². The number of aliphatic hydroxyl groups is 1. The van der Waals surface area contributed by atoms with Gasteiger partial charge in [-0.05, 0) is 44.5 Å². The lowest BCUT2D eigenvalue weighted by atomic mass is 10.0. The number of aryl methyl sites for hydroxylation is 2. The highest BCUT2D eigenvalue weighted by Gasteiger charge is 2.25. The van der Waals surface area contributed by atoms with E-state index < -0.39 is 6.10 Å². The highest BCUT2D eigenvalue weighted by Crippen LogP contribution is 2.39. The van der Waals surface area contributed by atoms with Gasteiger partial charge in [-0.2, -0.15) is 0 Å². The van der Waals surface area contributed by atoms with Crippen molar-refractivity contribution in [3.05, 3.63) is 58.8 Å². The van der Waals surface area contributed by atoms with E-state index >= 15 is 0 Å². The van der Waals surface area contributed by atoms with Crippen LogP contribution in [-0.4, -0.2) is 30.0 Å². The van der Waals surface area contributed by atoms with Gasteiger partial charge in [-0.3, -0.25) is 0 Å². The average Bonchev–Trinajstić information content (AvgIpc) is 3.28. The molecule has 1 aromatic heterocycles. The number of ether oxygens (including phenoxy) is 3. The van der Waals surface area contributed by atoms with Crippen molar-refractivity contribution in [2.24, 2.45) is 0 Å². The lowest BCUT2D eigenvalue weighted by Gasteiger charge is -2.20. The minimum absolute atomic E-state index is 0.355. The van der Waals surface area contributed by atoms with Gasteiger partial charge in [0.25, 0.3) is 0 Å². The molecule has 0 amide bonds. The zero-order valence-corrected chi connectivity index (χ0v) is 16.2. The normalized spacial score (nSPS) is 16.2. The molecule has 1 saturated heterocycles. The second-order valence-corrected chi connectivity index (χ2v) is 7.00. The molecule has 3 aromatic rings. The van der Waals surface area contributed by atoms with E-state index in [-0.39, 0.29) is 6.29 Å². The Labute approximate surface area is 159 Å². The van der Waals surface area contributed by atoms with Gasteiger partial charge in [0.2, 0.25) is 0 Å². The molecule has 1 fully saturated rings. The van der Waals surface area contributed by atoms with Crippen molar-refractivity contribution in [3.63, 3.8) is 0 Å². The Morgan fingerprint density at radius 1 is 1.15 bits per heavy atom. The third-order valence-electron chi connectivity index (χ3n) is 5.18. The third-order valence-corrected chi connectivity index (χ3v) is 5.18. The number of aliphatic hydroxyl groups excluding tert-OH is 1. The Bertz CT molecular complexity index is 984. The van der Waals surface area contributed by atoms with Crippen LogP contribution >= 0.6 is 0 Å². The van der Waals surface area contributed by atoms with Crippen LogP contribution in [0.15, 0.2) is 36.4 Å². The van der Waals surface area contributed by atoms with E-state index in [0.29, 0.717) is 19.0 Å². The van der Waals surface area contributed by atoms with Crippen molar-refractivity contribution in [1.29, 1.82) is 0 Å². The first-order valence-electron chi connectivity index (χ1n) is 9.23. The van der Waals surface area contributed by atoms with Gasteiger partial charge in [-0.1, -0.05) is 18.2 Å². The van der Waals surface area contributed by atoms with Crippen LogP contribution in [0.5, 0.6) is 5.75 Å². The Kier molecular flexibility index (Phi) is 4.68. The number of aromatic nitrogens is 1. The fourth-order valence-corrected chi connectivity index (χ4v) is 4.04. The topological polar surface area (TPSA) is 52.9 Å². The maximum atomic E-state index is 10.4. The molecule has 2 heterocycles. The number of methoxy groups -OCH3 is 1. The van der Waals surface area contributed by atoms with Gasteiger partial charge in [0.15, 0.2) is 6.29 Å². The number of fused-ring (bicyclic) bond motifs is 1. The van der Waals surface area contributed by atoms with Gasteiger partial charge in [-0.15, -0.1) is 0 Å². The summed E-state index contributed by atoms with van der Waals surface area (Å²) in [4.78, 5) is 0. The Hall–Kier alpha value is -2.34. The van der Waals surface area contributed by atoms with Crippen LogP contribution in [0, 0.1) is 13.8 Å². The largest absolute Gasteiger partial charge is 0.496 e. The van der Waals surface area contributed by atoms with Crippen LogP contribution in [0.3, 0.4) is 0 Å². The van der Waals surface area contributed by atoms with Crippen LogP contribution in [-0.2, 0) is 9.47 Å². The number of hydrogen-bond acceptors (Lipinski definition) is 4. The average molecular weight is 367 g/mol. The zero-order chi connectivity index (χ0) is 19.1. The number of para-hydroxylation sites is 1. The molecule has 1 N–H and O–H groups in total. The molecule has 27 heavy (non-hydrogen) atoms. The van der Waals surface area contributed by atoms with Gasteiger partial charge in [-0.25, -0.2) is 0 Å². The standard InChI is InChI=1S/C22H25NO4/c1-13-6-5-7-16(22-26-10-11-27-22)21(13)23-14(2)12-17-18(23)8-9-19(25-4)20(17)15(3)24/h5-9,12,15,22,24H,10-11H2,1-4H3. The number of nitrogens with zero attached hydrogens (tertiary/aromatic N) is 1. The summed E-state index contributed by atoms with van der Waals surface area (Å²) in [5.74, 6) is 0.696. The van der Waals surface area contributed by atoms with E-state index in [1.54, 1.807) is 14.0 Å². The Morgan fingerprint density at radius 2 is 1.89 bits per heavy atom. The minimum Gasteiger partial charge on any atom is -0.496 e. The summed E-state index contributed by atoms with van der Waals surface area (Å²) in [7, 11) is 1.63. The monoisotopic (exact) mass is 367 g/mol. The maximum Gasteiger partial charge on any atom is 0.186 e. The molecule has 5 nitrogen and oxygen atoms in total. The lowest BCUT2D eigenvalue weighted by Crippen LogP contribution is -2.08. The fraction of sp³-hybridized carbons (Fsp3) is 0.364. The van der Waals surface area contributed by atoms with Crippen molar-refractivity contribution in [1.82, 2.24) is 4.57 Å². The molecule has 1 aliphatic rings. The molecule has 142 valence electrons. The Morgan fingerprint density at radius 3 is 2.56 bits per heavy atom. The van der Waals surface area contributed by atoms with E-state index in [1.165, 1.54) is 0 Å². The van der Waals surface area contributed by atoms with E-state index in [1.807, 2.05) is 18.2 Å². The molecule has 5 heteroatoms. The van der Waals surface area contributed by atoms with E-state index in [9.17, 15) is 5.11 Å². The summed E-state index contributed by atoms with van der Waals surface area (Å²) in [6.07, 6.45) is -0.983. The number of hydrogen-bond donors (Lipinski definition) is 1. The van der Waals surface area contributed by atoms with E-state index in [4.69, 9.17) is 14.2 Å². The highest BCUT2D eigenvalue weighted by atomic mass is 16.7. The minimum atomic E-state index is -0.628. The van der Waals surface area contributed by atoms with Crippen molar-refractivity contribution >= 4 is 10.9 Å². The van der Waals surface area contributed by atoms with Gasteiger partial charge < -0.3 is 23.9 Å². The molecule has 0 radical (unpaired) electrons. The predicted octanol–water partition coefficient (Wildman–Crippen LogP) is 4.35. The maximum absolute atomic E-state index is 10.4. The van der Waals surface area contributed by atoms with Crippen LogP contribution in [0.25, 0.3) is 16.6 Å². The molecule has 1 atom stereocenters. The van der Waals surface area contributed by atoms with Crippen molar-refractivity contribution in [2.75, 3.05) is 20.3 Å². The van der Waals surface area contributed by atoms with Crippen molar-refractivity contribution in [2.45, 2.75) is 33.2 Å². The summed E-state index contributed by atoms with van der Waals surface area (Å²) in [5.41, 5.74) is 6.13. The van der Waals surface area contributed by atoms with E-state index in [0.717, 1.165) is 39.0 Å². The zero-order valence-electron chi connectivity index (χ0n) is 16.2. The first kappa shape index (κ1) is 18.0. The molecule has 0 bridgehead atoms. The summed E-state index contributed by atoms with van der Waals surface area (Å²) in [6, 6.07) is 12.2. The molecule has 1 aliphatic heterocycles. The van der Waals surface area contributed by atoms with Crippen LogP contribution in [0.2, 0.25) is 0 Å². The summed E-state index contributed by atoms with van der Waals surface area (Å²) in [6.45, 7) is 7.14. The Balaban J connectivity index is 2.01. The quantitative estimate of drug-likeness (QED) is 0.745. The van der Waals surface area contributed by atoms with Crippen LogP contribution in [0.4, 0.5) is 0 Å². The summed E-state index contributed by atoms with van der Waals surface area (Å²) < 4.78 is 19.3. The second kappa shape index (κ2) is 7.00. The SMILES string of the molecule is COc1ccc2c(cc(C)n2-c2c(C)cccc2C2OCCO2)c1C(C)O. The highest BCUT2D eigenvalue weighted by molar-refractivity contribution is 5.89. The van der Waals surface area contributed by atoms with Crippen LogP contribution in [0.1, 0.15) is 41.7 Å². The summed E-state index contributed by atoms with van der Waals surface area (Å²) in [5, 5.41) is 11.3.